The predicted octanol–water partition coefficient (Wildman–Crippen LogP) is 6.65. The van der Waals surface area contributed by atoms with Crippen LogP contribution in [0.25, 0.3) is 16.9 Å². The fourth-order valence-corrected chi connectivity index (χ4v) is 5.73. The third kappa shape index (κ3) is 5.54. The summed E-state index contributed by atoms with van der Waals surface area (Å²) < 4.78 is 1.48. The van der Waals surface area contributed by atoms with E-state index in [-0.39, 0.29) is 17.6 Å². The van der Waals surface area contributed by atoms with Gasteiger partial charge >= 0.3 is 0 Å². The highest BCUT2D eigenvalue weighted by Gasteiger charge is 2.30. The van der Waals surface area contributed by atoms with Gasteiger partial charge in [-0.3, -0.25) is 19.8 Å². The van der Waals surface area contributed by atoms with Crippen molar-refractivity contribution in [2.24, 2.45) is 0 Å². The van der Waals surface area contributed by atoms with Crippen LogP contribution in [0.2, 0.25) is 5.02 Å². The highest BCUT2D eigenvalue weighted by Crippen LogP contribution is 2.32. The maximum atomic E-state index is 14.0. The second kappa shape index (κ2) is 12.0. The van der Waals surface area contributed by atoms with Crippen LogP contribution in [0.1, 0.15) is 27.7 Å². The van der Waals surface area contributed by atoms with Gasteiger partial charge in [0.15, 0.2) is 0 Å². The first-order valence-electron chi connectivity index (χ1n) is 13.7. The smallest absolute Gasteiger partial charge is 0.272 e. The summed E-state index contributed by atoms with van der Waals surface area (Å²) in [5, 5.41) is 16.7. The number of nitro benzene ring substituents is 1. The number of carbonyl (C=O) groups excluding carboxylic acids is 1. The van der Waals surface area contributed by atoms with Crippen molar-refractivity contribution in [1.82, 2.24) is 19.6 Å². The molecule has 1 amide bonds. The van der Waals surface area contributed by atoms with Crippen LogP contribution < -0.4 is 0 Å². The molecule has 4 aromatic carbocycles. The second-order valence-electron chi connectivity index (χ2n) is 10.1. The number of aromatic nitrogens is 2. The third-order valence-electron chi connectivity index (χ3n) is 7.56. The van der Waals surface area contributed by atoms with Gasteiger partial charge in [0.05, 0.1) is 27.4 Å². The molecule has 0 aliphatic carbocycles. The van der Waals surface area contributed by atoms with E-state index < -0.39 is 4.92 Å². The molecule has 8 nitrogen and oxygen atoms in total. The molecule has 1 aliphatic heterocycles. The molecule has 0 bridgehead atoms. The van der Waals surface area contributed by atoms with Crippen LogP contribution in [0.4, 0.5) is 5.69 Å². The molecule has 6 rings (SSSR count). The van der Waals surface area contributed by atoms with E-state index >= 15 is 0 Å². The van der Waals surface area contributed by atoms with Crippen LogP contribution in [-0.4, -0.2) is 56.6 Å². The standard InChI is InChI=1S/C33H28ClN5O3/c34-29-17-8-7-16-28(29)30-23-31(38(35-30)26-14-9-15-27(22-26)39(41)42)33(40)37-20-18-36(19-21-37)32(24-10-3-1-4-11-24)25-12-5-2-6-13-25/h1-17,22-23,32H,18-21H2. The van der Waals surface area contributed by atoms with Crippen molar-refractivity contribution in [2.45, 2.75) is 6.04 Å². The van der Waals surface area contributed by atoms with Crippen molar-refractivity contribution in [3.05, 3.63) is 147 Å². The van der Waals surface area contributed by atoms with Gasteiger partial charge < -0.3 is 4.90 Å². The Labute approximate surface area is 248 Å². The first kappa shape index (κ1) is 27.4. The zero-order valence-electron chi connectivity index (χ0n) is 22.7. The Kier molecular flexibility index (Phi) is 7.81. The van der Waals surface area contributed by atoms with Crippen LogP contribution in [0.3, 0.4) is 0 Å². The van der Waals surface area contributed by atoms with E-state index in [9.17, 15) is 14.9 Å². The molecule has 210 valence electrons. The average Bonchev–Trinajstić information content (AvgIpc) is 3.48. The molecular formula is C33H28ClN5O3. The lowest BCUT2D eigenvalue weighted by Crippen LogP contribution is -2.50. The number of nitrogens with zero attached hydrogens (tertiary/aromatic N) is 5. The molecular weight excluding hydrogens is 550 g/mol. The molecule has 5 aromatic rings. The Hall–Kier alpha value is -4.79. The van der Waals surface area contributed by atoms with Crippen molar-refractivity contribution >= 4 is 23.2 Å². The Bertz CT molecular complexity index is 1680. The van der Waals surface area contributed by atoms with E-state index in [0.29, 0.717) is 53.8 Å². The Morgan fingerprint density at radius 3 is 2.02 bits per heavy atom. The van der Waals surface area contributed by atoms with Gasteiger partial charge in [-0.25, -0.2) is 4.68 Å². The van der Waals surface area contributed by atoms with Gasteiger partial charge in [-0.2, -0.15) is 5.10 Å². The van der Waals surface area contributed by atoms with Gasteiger partial charge in [0.2, 0.25) is 0 Å². The van der Waals surface area contributed by atoms with E-state index in [1.165, 1.54) is 27.9 Å². The molecule has 1 fully saturated rings. The summed E-state index contributed by atoms with van der Waals surface area (Å²) in [7, 11) is 0. The zero-order chi connectivity index (χ0) is 29.1. The minimum Gasteiger partial charge on any atom is -0.335 e. The van der Waals surface area contributed by atoms with Gasteiger partial charge in [0.25, 0.3) is 11.6 Å². The van der Waals surface area contributed by atoms with Gasteiger partial charge in [0, 0.05) is 43.9 Å². The fraction of sp³-hybridized carbons (Fsp3) is 0.152. The lowest BCUT2D eigenvalue weighted by Gasteiger charge is -2.39. The van der Waals surface area contributed by atoms with Crippen LogP contribution >= 0.6 is 11.6 Å². The van der Waals surface area contributed by atoms with Crippen LogP contribution in [0.5, 0.6) is 0 Å². The summed E-state index contributed by atoms with van der Waals surface area (Å²) in [6.07, 6.45) is 0. The molecule has 1 aromatic heterocycles. The van der Waals surface area contributed by atoms with Gasteiger partial charge in [0.1, 0.15) is 5.69 Å². The van der Waals surface area contributed by atoms with Crippen LogP contribution in [-0.2, 0) is 0 Å². The number of carbonyl (C=O) groups is 1. The van der Waals surface area contributed by atoms with Crippen LogP contribution in [0.15, 0.2) is 115 Å². The summed E-state index contributed by atoms with van der Waals surface area (Å²) in [4.78, 5) is 29.3. The number of benzene rings is 4. The van der Waals surface area contributed by atoms with Crippen molar-refractivity contribution < 1.29 is 9.72 Å². The average molecular weight is 578 g/mol. The maximum Gasteiger partial charge on any atom is 0.272 e. The first-order chi connectivity index (χ1) is 20.5. The van der Waals surface area contributed by atoms with Gasteiger partial charge in [-0.05, 0) is 29.3 Å². The molecule has 0 unspecified atom stereocenters. The van der Waals surface area contributed by atoms with Crippen LogP contribution in [0, 0.1) is 10.1 Å². The van der Waals surface area contributed by atoms with Crippen molar-refractivity contribution in [3.8, 4) is 16.9 Å². The quantitative estimate of drug-likeness (QED) is 0.160. The maximum absolute atomic E-state index is 14.0. The zero-order valence-corrected chi connectivity index (χ0v) is 23.5. The van der Waals surface area contributed by atoms with Gasteiger partial charge in [-0.15, -0.1) is 0 Å². The predicted molar refractivity (Wildman–Crippen MR) is 163 cm³/mol. The molecule has 0 saturated carbocycles. The van der Waals surface area contributed by atoms with E-state index in [0.717, 1.165) is 0 Å². The topological polar surface area (TPSA) is 84.5 Å². The van der Waals surface area contributed by atoms with E-state index in [4.69, 9.17) is 16.7 Å². The number of non-ortho nitro benzene ring substituents is 1. The minimum absolute atomic E-state index is 0.0758. The lowest BCUT2D eigenvalue weighted by atomic mass is 9.96. The monoisotopic (exact) mass is 577 g/mol. The summed E-state index contributed by atoms with van der Waals surface area (Å²) in [6, 6.07) is 36.0. The number of halogens is 1. The summed E-state index contributed by atoms with van der Waals surface area (Å²) in [5.41, 5.74) is 4.27. The normalized spacial score (nSPS) is 13.8. The number of hydrogen-bond donors (Lipinski definition) is 0. The van der Waals surface area contributed by atoms with E-state index in [1.807, 2.05) is 35.2 Å². The van der Waals surface area contributed by atoms with Crippen molar-refractivity contribution in [2.75, 3.05) is 26.2 Å². The Balaban J connectivity index is 1.30. The minimum atomic E-state index is -0.460. The number of rotatable bonds is 7. The summed E-state index contributed by atoms with van der Waals surface area (Å²) in [5.74, 6) is -0.192. The number of piperazine rings is 1. The molecule has 42 heavy (non-hydrogen) atoms. The molecule has 9 heteroatoms. The Morgan fingerprint density at radius 1 is 0.786 bits per heavy atom. The molecule has 0 atom stereocenters. The molecule has 1 saturated heterocycles. The lowest BCUT2D eigenvalue weighted by molar-refractivity contribution is -0.384. The molecule has 0 spiro atoms. The molecule has 0 N–H and O–H groups in total. The first-order valence-corrected chi connectivity index (χ1v) is 14.1. The third-order valence-corrected chi connectivity index (χ3v) is 7.89. The van der Waals surface area contributed by atoms with E-state index in [1.54, 1.807) is 24.3 Å². The van der Waals surface area contributed by atoms with Crippen molar-refractivity contribution in [3.63, 3.8) is 0 Å². The fourth-order valence-electron chi connectivity index (χ4n) is 5.50. The SMILES string of the molecule is O=C(c1cc(-c2ccccc2Cl)nn1-c1cccc([N+](=O)[O-])c1)N1CCN(C(c2ccccc2)c2ccccc2)CC1. The molecule has 1 aliphatic rings. The number of hydrogen-bond acceptors (Lipinski definition) is 5. The molecule has 2 heterocycles. The highest BCUT2D eigenvalue weighted by atomic mass is 35.5. The van der Waals surface area contributed by atoms with Crippen molar-refractivity contribution in [1.29, 1.82) is 0 Å². The molecule has 0 radical (unpaired) electrons. The second-order valence-corrected chi connectivity index (χ2v) is 10.5. The highest BCUT2D eigenvalue weighted by molar-refractivity contribution is 6.33. The number of nitro groups is 1. The largest absolute Gasteiger partial charge is 0.335 e. The van der Waals surface area contributed by atoms with Gasteiger partial charge in [-0.1, -0.05) is 96.5 Å². The summed E-state index contributed by atoms with van der Waals surface area (Å²) >= 11 is 6.47. The number of amides is 1. The Morgan fingerprint density at radius 2 is 1.40 bits per heavy atom. The summed E-state index contributed by atoms with van der Waals surface area (Å²) in [6.45, 7) is 2.41. The van der Waals surface area contributed by atoms with E-state index in [2.05, 4.69) is 53.4 Å².